The first-order chi connectivity index (χ1) is 16.4. The van der Waals surface area contributed by atoms with Gasteiger partial charge in [-0.25, -0.2) is 4.79 Å². The quantitative estimate of drug-likeness (QED) is 0.494. The predicted molar refractivity (Wildman–Crippen MR) is 131 cm³/mol. The van der Waals surface area contributed by atoms with Gasteiger partial charge in [-0.1, -0.05) is 17.7 Å². The lowest BCUT2D eigenvalue weighted by atomic mass is 10.2. The van der Waals surface area contributed by atoms with Gasteiger partial charge in [-0.05, 0) is 24.3 Å². The van der Waals surface area contributed by atoms with Crippen LogP contribution >= 0.6 is 11.6 Å². The largest absolute Gasteiger partial charge is 0.493 e. The Balaban J connectivity index is 1.48. The second-order valence-electron chi connectivity index (χ2n) is 7.91. The molecule has 1 amide bonds. The van der Waals surface area contributed by atoms with Crippen LogP contribution < -0.4 is 19.7 Å². The van der Waals surface area contributed by atoms with Crippen molar-refractivity contribution in [3.05, 3.63) is 47.1 Å². The van der Waals surface area contributed by atoms with E-state index in [-0.39, 0.29) is 18.1 Å². The molecule has 180 valence electrons. The number of hydrogen-bond donors (Lipinski definition) is 2. The van der Waals surface area contributed by atoms with Crippen molar-refractivity contribution in [3.8, 4) is 11.5 Å². The molecule has 1 fully saturated rings. The van der Waals surface area contributed by atoms with Crippen molar-refractivity contribution in [2.75, 3.05) is 64.3 Å². The average molecular weight is 487 g/mol. The molecule has 3 aromatic rings. The van der Waals surface area contributed by atoms with Gasteiger partial charge in [0.2, 0.25) is 5.91 Å². The molecular weight excluding hydrogens is 460 g/mol. The van der Waals surface area contributed by atoms with Crippen LogP contribution in [0.1, 0.15) is 10.5 Å². The Morgan fingerprint density at radius 3 is 2.38 bits per heavy atom. The average Bonchev–Trinajstić information content (AvgIpc) is 3.19. The van der Waals surface area contributed by atoms with Gasteiger partial charge in [0.05, 0.1) is 39.1 Å². The van der Waals surface area contributed by atoms with Gasteiger partial charge in [-0.2, -0.15) is 0 Å². The number of amides is 1. The van der Waals surface area contributed by atoms with Crippen LogP contribution in [0, 0.1) is 0 Å². The van der Waals surface area contributed by atoms with E-state index < -0.39 is 5.97 Å². The number of carbonyl (C=O) groups excluding carboxylic acids is 2. The Bertz CT molecular complexity index is 1200. The number of methoxy groups -OCH3 is 3. The molecule has 1 aromatic heterocycles. The zero-order valence-electron chi connectivity index (χ0n) is 19.3. The fourth-order valence-corrected chi connectivity index (χ4v) is 4.31. The first-order valence-corrected chi connectivity index (χ1v) is 11.2. The third-order valence-corrected chi connectivity index (χ3v) is 6.10. The number of fused-ring (bicyclic) bond motifs is 1. The number of nitrogens with zero attached hydrogens (tertiary/aromatic N) is 2. The lowest BCUT2D eigenvalue weighted by Gasteiger charge is -2.35. The lowest BCUT2D eigenvalue weighted by Crippen LogP contribution is -2.48. The van der Waals surface area contributed by atoms with Crippen molar-refractivity contribution in [3.63, 3.8) is 0 Å². The number of H-pyrrole nitrogens is 1. The maximum atomic E-state index is 13.0. The number of carbonyl (C=O) groups is 2. The highest BCUT2D eigenvalue weighted by Gasteiger charge is 2.24. The predicted octanol–water partition coefficient (Wildman–Crippen LogP) is 3.39. The summed E-state index contributed by atoms with van der Waals surface area (Å²) < 4.78 is 15.6. The molecule has 34 heavy (non-hydrogen) atoms. The first kappa shape index (κ1) is 23.7. The minimum Gasteiger partial charge on any atom is -0.493 e. The number of piperazine rings is 1. The molecule has 1 aliphatic rings. The molecule has 2 heterocycles. The number of halogens is 1. The van der Waals surface area contributed by atoms with E-state index in [1.165, 1.54) is 21.3 Å². The Hall–Kier alpha value is -3.43. The second-order valence-corrected chi connectivity index (χ2v) is 8.35. The van der Waals surface area contributed by atoms with E-state index in [2.05, 4.69) is 20.1 Å². The summed E-state index contributed by atoms with van der Waals surface area (Å²) in [5.41, 5.74) is 2.20. The fraction of sp³-hybridized carbons (Fsp3) is 0.333. The molecule has 0 bridgehead atoms. The summed E-state index contributed by atoms with van der Waals surface area (Å²) in [7, 11) is 4.35. The summed E-state index contributed by atoms with van der Waals surface area (Å²) in [5, 5.41) is 4.22. The van der Waals surface area contributed by atoms with Gasteiger partial charge in [-0.15, -0.1) is 0 Å². The SMILES string of the molecule is COC(=O)c1[nH]c2cc(OC)c(OC)cc2c1NC(=O)CN1CCN(c2cccc(Cl)c2)CC1. The van der Waals surface area contributed by atoms with Crippen LogP contribution in [-0.2, 0) is 9.53 Å². The number of ether oxygens (including phenoxy) is 3. The van der Waals surface area contributed by atoms with Crippen LogP contribution in [0.3, 0.4) is 0 Å². The van der Waals surface area contributed by atoms with E-state index in [1.807, 2.05) is 24.3 Å². The number of benzene rings is 2. The summed E-state index contributed by atoms with van der Waals surface area (Å²) in [6.07, 6.45) is 0. The summed E-state index contributed by atoms with van der Waals surface area (Å²) in [4.78, 5) is 32.7. The molecule has 1 saturated heterocycles. The number of esters is 1. The lowest BCUT2D eigenvalue weighted by molar-refractivity contribution is -0.117. The first-order valence-electron chi connectivity index (χ1n) is 10.8. The highest BCUT2D eigenvalue weighted by atomic mass is 35.5. The van der Waals surface area contributed by atoms with Gasteiger partial charge in [0, 0.05) is 48.3 Å². The van der Waals surface area contributed by atoms with Crippen molar-refractivity contribution in [2.45, 2.75) is 0 Å². The van der Waals surface area contributed by atoms with Crippen LogP contribution in [0.2, 0.25) is 5.02 Å². The van der Waals surface area contributed by atoms with Crippen LogP contribution in [0.5, 0.6) is 11.5 Å². The number of rotatable bonds is 7. The third-order valence-electron chi connectivity index (χ3n) is 5.87. The van der Waals surface area contributed by atoms with E-state index in [1.54, 1.807) is 12.1 Å². The topological polar surface area (TPSA) is 96.1 Å². The molecule has 9 nitrogen and oxygen atoms in total. The molecular formula is C24H27ClN4O5. The number of aromatic amines is 1. The number of anilines is 2. The minimum atomic E-state index is -0.584. The molecule has 0 aliphatic carbocycles. The molecule has 10 heteroatoms. The molecule has 1 aliphatic heterocycles. The molecule has 2 N–H and O–H groups in total. The molecule has 0 saturated carbocycles. The van der Waals surface area contributed by atoms with E-state index in [0.717, 1.165) is 31.9 Å². The standard InChI is InChI=1S/C24H27ClN4O5/c1-32-19-12-17-18(13-20(19)33-2)26-23(24(31)34-3)22(17)27-21(30)14-28-7-9-29(10-8-28)16-6-4-5-15(25)11-16/h4-6,11-13,26H,7-10,14H2,1-3H3,(H,27,30). The highest BCUT2D eigenvalue weighted by molar-refractivity contribution is 6.30. The van der Waals surface area contributed by atoms with Crippen LogP contribution in [-0.4, -0.2) is 75.8 Å². The molecule has 4 rings (SSSR count). The van der Waals surface area contributed by atoms with Crippen molar-refractivity contribution in [1.29, 1.82) is 0 Å². The van der Waals surface area contributed by atoms with Crippen molar-refractivity contribution >= 4 is 45.8 Å². The summed E-state index contributed by atoms with van der Waals surface area (Å²) >= 11 is 6.11. The number of hydrogen-bond acceptors (Lipinski definition) is 7. The van der Waals surface area contributed by atoms with E-state index >= 15 is 0 Å². The van der Waals surface area contributed by atoms with Gasteiger partial charge in [0.1, 0.15) is 5.69 Å². The number of aromatic nitrogens is 1. The van der Waals surface area contributed by atoms with Gasteiger partial charge in [0.15, 0.2) is 11.5 Å². The van der Waals surface area contributed by atoms with E-state index in [4.69, 9.17) is 25.8 Å². The van der Waals surface area contributed by atoms with Gasteiger partial charge in [0.25, 0.3) is 0 Å². The maximum Gasteiger partial charge on any atom is 0.356 e. The third kappa shape index (κ3) is 4.90. The Morgan fingerprint density at radius 2 is 1.74 bits per heavy atom. The Kier molecular flexibility index (Phi) is 7.14. The molecule has 0 radical (unpaired) electrons. The van der Waals surface area contributed by atoms with Crippen molar-refractivity contribution < 1.29 is 23.8 Å². The Labute approximate surface area is 202 Å². The Morgan fingerprint density at radius 1 is 1.03 bits per heavy atom. The second kappa shape index (κ2) is 10.2. The van der Waals surface area contributed by atoms with Crippen molar-refractivity contribution in [1.82, 2.24) is 9.88 Å². The molecule has 0 unspecified atom stereocenters. The smallest absolute Gasteiger partial charge is 0.356 e. The summed E-state index contributed by atoms with van der Waals surface area (Å²) in [5.74, 6) is 0.179. The molecule has 2 aromatic carbocycles. The molecule has 0 spiro atoms. The zero-order valence-corrected chi connectivity index (χ0v) is 20.1. The van der Waals surface area contributed by atoms with Gasteiger partial charge in [-0.3, -0.25) is 9.69 Å². The van der Waals surface area contributed by atoms with Gasteiger partial charge >= 0.3 is 5.97 Å². The van der Waals surface area contributed by atoms with Crippen LogP contribution in [0.15, 0.2) is 36.4 Å². The van der Waals surface area contributed by atoms with E-state index in [9.17, 15) is 9.59 Å². The normalized spacial score (nSPS) is 14.2. The van der Waals surface area contributed by atoms with Crippen molar-refractivity contribution in [2.24, 2.45) is 0 Å². The zero-order chi connectivity index (χ0) is 24.2. The molecule has 0 atom stereocenters. The van der Waals surface area contributed by atoms with Crippen LogP contribution in [0.4, 0.5) is 11.4 Å². The number of nitrogens with one attached hydrogen (secondary N) is 2. The monoisotopic (exact) mass is 486 g/mol. The fourth-order valence-electron chi connectivity index (χ4n) is 4.13. The minimum absolute atomic E-state index is 0.159. The summed E-state index contributed by atoms with van der Waals surface area (Å²) in [6.45, 7) is 3.21. The maximum absolute atomic E-state index is 13.0. The van der Waals surface area contributed by atoms with Crippen LogP contribution in [0.25, 0.3) is 10.9 Å². The van der Waals surface area contributed by atoms with Gasteiger partial charge < -0.3 is 29.4 Å². The highest BCUT2D eigenvalue weighted by Crippen LogP contribution is 2.37. The van der Waals surface area contributed by atoms with E-state index in [0.29, 0.717) is 33.1 Å². The summed E-state index contributed by atoms with van der Waals surface area (Å²) in [6, 6.07) is 11.2.